The summed E-state index contributed by atoms with van der Waals surface area (Å²) in [6.07, 6.45) is -3.75. The van der Waals surface area contributed by atoms with E-state index in [1.165, 1.54) is 0 Å². The molecule has 2 N–H and O–H groups in total. The van der Waals surface area contributed by atoms with Crippen LogP contribution in [0.3, 0.4) is 0 Å². The Morgan fingerprint density at radius 3 is 2.31 bits per heavy atom. The minimum absolute atomic E-state index is 0.0156. The molecule has 0 aromatic carbocycles. The number of alkyl halides is 5. The van der Waals surface area contributed by atoms with Gasteiger partial charge in [0.25, 0.3) is 0 Å². The van der Waals surface area contributed by atoms with Crippen molar-refractivity contribution in [1.82, 2.24) is 0 Å². The fourth-order valence-electron chi connectivity index (χ4n) is 7.53. The van der Waals surface area contributed by atoms with Gasteiger partial charge in [0, 0.05) is 11.8 Å². The number of carbonyl (C=O) groups is 1. The molecule has 8 heteroatoms. The number of halogens is 5. The summed E-state index contributed by atoms with van der Waals surface area (Å²) in [5.74, 6) is -6.04. The Labute approximate surface area is 166 Å². The summed E-state index contributed by atoms with van der Waals surface area (Å²) in [4.78, 5) is 11.8. The molecule has 4 aliphatic rings. The SMILES string of the molecule is CC[C@]12CC[C@H]3[C@@H](CCC4=C(O)C(=O)CC[C@@H]43)[C@@H]1CC[C@@]2(O)C(F)(F)C(F)(F)F. The van der Waals surface area contributed by atoms with E-state index in [0.717, 1.165) is 5.57 Å². The molecule has 3 nitrogen and oxygen atoms in total. The highest BCUT2D eigenvalue weighted by Crippen LogP contribution is 2.70. The lowest BCUT2D eigenvalue weighted by molar-refractivity contribution is -0.365. The zero-order valence-corrected chi connectivity index (χ0v) is 16.4. The molecule has 0 unspecified atom stereocenters. The van der Waals surface area contributed by atoms with Crippen molar-refractivity contribution >= 4 is 5.78 Å². The lowest BCUT2D eigenvalue weighted by Crippen LogP contribution is -2.66. The predicted molar refractivity (Wildman–Crippen MR) is 94.2 cm³/mol. The summed E-state index contributed by atoms with van der Waals surface area (Å²) >= 11 is 0. The second-order valence-corrected chi connectivity index (χ2v) is 9.43. The number of aliphatic hydroxyl groups excluding tert-OH is 1. The number of ketones is 1. The molecule has 164 valence electrons. The monoisotopic (exact) mass is 422 g/mol. The Bertz CT molecular complexity index is 745. The third kappa shape index (κ3) is 2.53. The van der Waals surface area contributed by atoms with Crippen LogP contribution < -0.4 is 0 Å². The van der Waals surface area contributed by atoms with E-state index >= 15 is 0 Å². The molecule has 0 spiro atoms. The maximum Gasteiger partial charge on any atom is 0.456 e. The number of rotatable bonds is 2. The highest BCUT2D eigenvalue weighted by molar-refractivity contribution is 5.94. The van der Waals surface area contributed by atoms with Gasteiger partial charge in [-0.25, -0.2) is 0 Å². The maximum atomic E-state index is 14.6. The standard InChI is InChI=1S/C21H27F5O3/c1-2-18-9-7-12-11-5-6-16(27)17(28)14(11)4-3-13(12)15(18)8-10-19(18,29)20(22,23)21(24,25)26/h11-13,15,28-29H,2-10H2,1H3/t11-,12-,13-,15+,18+,19+/m1/s1. The lowest BCUT2D eigenvalue weighted by atomic mass is 9.48. The van der Waals surface area contributed by atoms with Gasteiger partial charge in [-0.3, -0.25) is 4.79 Å². The topological polar surface area (TPSA) is 57.5 Å². The number of hydrogen-bond donors (Lipinski definition) is 2. The maximum absolute atomic E-state index is 14.6. The third-order valence-corrected chi connectivity index (χ3v) is 8.81. The summed E-state index contributed by atoms with van der Waals surface area (Å²) in [6, 6.07) is 0. The van der Waals surface area contributed by atoms with Crippen molar-refractivity contribution in [2.45, 2.75) is 82.4 Å². The molecule has 4 aliphatic carbocycles. The summed E-state index contributed by atoms with van der Waals surface area (Å²) in [5, 5.41) is 21.1. The van der Waals surface area contributed by atoms with Crippen molar-refractivity contribution in [3.8, 4) is 0 Å². The fourth-order valence-corrected chi connectivity index (χ4v) is 7.53. The van der Waals surface area contributed by atoms with Crippen LogP contribution in [0.2, 0.25) is 0 Å². The van der Waals surface area contributed by atoms with Gasteiger partial charge in [-0.2, -0.15) is 22.0 Å². The number of fused-ring (bicyclic) bond motifs is 5. The van der Waals surface area contributed by atoms with Gasteiger partial charge in [0.2, 0.25) is 0 Å². The first kappa shape index (κ1) is 21.1. The third-order valence-electron chi connectivity index (χ3n) is 8.81. The number of allylic oxidation sites excluding steroid dienone is 1. The van der Waals surface area contributed by atoms with E-state index in [1.807, 2.05) is 0 Å². The van der Waals surface area contributed by atoms with Crippen molar-refractivity contribution in [3.63, 3.8) is 0 Å². The van der Waals surface area contributed by atoms with Gasteiger partial charge >= 0.3 is 12.1 Å². The second-order valence-electron chi connectivity index (χ2n) is 9.43. The van der Waals surface area contributed by atoms with Gasteiger partial charge < -0.3 is 10.2 Å². The first-order valence-electron chi connectivity index (χ1n) is 10.5. The van der Waals surface area contributed by atoms with Crippen molar-refractivity contribution in [1.29, 1.82) is 0 Å². The normalized spacial score (nSPS) is 43.1. The molecule has 3 saturated carbocycles. The van der Waals surface area contributed by atoms with Gasteiger partial charge in [0.1, 0.15) is 5.60 Å². The fraction of sp³-hybridized carbons (Fsp3) is 0.857. The molecule has 0 aromatic heterocycles. The second kappa shape index (κ2) is 6.41. The molecule has 0 aliphatic heterocycles. The Hall–Kier alpha value is -1.18. The summed E-state index contributed by atoms with van der Waals surface area (Å²) in [5.41, 5.74) is -3.83. The highest BCUT2D eigenvalue weighted by atomic mass is 19.4. The molecule has 0 heterocycles. The van der Waals surface area contributed by atoms with Crippen LogP contribution in [0, 0.1) is 29.1 Å². The van der Waals surface area contributed by atoms with Crippen molar-refractivity contribution in [2.75, 3.05) is 0 Å². The van der Waals surface area contributed by atoms with E-state index in [2.05, 4.69) is 0 Å². The average Bonchev–Trinajstić information content (AvgIpc) is 2.98. The van der Waals surface area contributed by atoms with Gasteiger partial charge in [-0.15, -0.1) is 0 Å². The number of Topliss-reactive ketones (excluding diaryl/α,β-unsaturated/α-hetero) is 1. The quantitative estimate of drug-likeness (QED) is 0.591. The highest BCUT2D eigenvalue weighted by Gasteiger charge is 2.79. The smallest absolute Gasteiger partial charge is 0.456 e. The van der Waals surface area contributed by atoms with E-state index in [-0.39, 0.29) is 55.0 Å². The molecule has 0 saturated heterocycles. The first-order valence-corrected chi connectivity index (χ1v) is 10.5. The zero-order chi connectivity index (χ0) is 21.4. The molecule has 0 radical (unpaired) electrons. The van der Waals surface area contributed by atoms with Crippen LogP contribution in [-0.4, -0.2) is 33.7 Å². The van der Waals surface area contributed by atoms with Crippen LogP contribution in [0.25, 0.3) is 0 Å². The average molecular weight is 422 g/mol. The zero-order valence-electron chi connectivity index (χ0n) is 16.4. The minimum atomic E-state index is -5.80. The van der Waals surface area contributed by atoms with Crippen molar-refractivity contribution in [3.05, 3.63) is 11.3 Å². The molecule has 6 atom stereocenters. The van der Waals surface area contributed by atoms with E-state index in [1.54, 1.807) is 6.92 Å². The van der Waals surface area contributed by atoms with Crippen LogP contribution in [0.1, 0.15) is 64.7 Å². The van der Waals surface area contributed by atoms with Crippen LogP contribution in [0.4, 0.5) is 22.0 Å². The van der Waals surface area contributed by atoms with Crippen LogP contribution in [-0.2, 0) is 4.79 Å². The summed E-state index contributed by atoms with van der Waals surface area (Å²) in [7, 11) is 0. The van der Waals surface area contributed by atoms with Gasteiger partial charge in [-0.1, -0.05) is 6.92 Å². The van der Waals surface area contributed by atoms with Crippen LogP contribution in [0.5, 0.6) is 0 Å². The molecule has 0 bridgehead atoms. The Balaban J connectivity index is 1.71. The molecular formula is C21H27F5O3. The predicted octanol–water partition coefficient (Wildman–Crippen LogP) is 5.33. The van der Waals surface area contributed by atoms with E-state index in [0.29, 0.717) is 25.7 Å². The van der Waals surface area contributed by atoms with Gasteiger partial charge in [0.15, 0.2) is 11.5 Å². The Kier molecular flexibility index (Phi) is 4.66. The Morgan fingerprint density at radius 1 is 1.00 bits per heavy atom. The first-order chi connectivity index (χ1) is 13.4. The van der Waals surface area contributed by atoms with Crippen molar-refractivity contribution in [2.24, 2.45) is 29.1 Å². The van der Waals surface area contributed by atoms with Crippen molar-refractivity contribution < 1.29 is 37.0 Å². The lowest BCUT2D eigenvalue weighted by Gasteiger charge is -2.57. The summed E-state index contributed by atoms with van der Waals surface area (Å²) in [6.45, 7) is 1.61. The number of aliphatic hydroxyl groups is 2. The van der Waals surface area contributed by atoms with Gasteiger partial charge in [-0.05, 0) is 80.6 Å². The molecule has 4 rings (SSSR count). The van der Waals surface area contributed by atoms with Crippen LogP contribution >= 0.6 is 0 Å². The molecular weight excluding hydrogens is 395 g/mol. The van der Waals surface area contributed by atoms with E-state index in [4.69, 9.17) is 0 Å². The van der Waals surface area contributed by atoms with E-state index < -0.39 is 35.5 Å². The molecule has 3 fully saturated rings. The summed E-state index contributed by atoms with van der Waals surface area (Å²) < 4.78 is 68.9. The minimum Gasteiger partial charge on any atom is -0.504 e. The van der Waals surface area contributed by atoms with E-state index in [9.17, 15) is 37.0 Å². The molecule has 0 aromatic rings. The Morgan fingerprint density at radius 2 is 1.69 bits per heavy atom. The molecule has 0 amide bonds. The van der Waals surface area contributed by atoms with Gasteiger partial charge in [0.05, 0.1) is 0 Å². The largest absolute Gasteiger partial charge is 0.504 e. The van der Waals surface area contributed by atoms with Crippen LogP contribution in [0.15, 0.2) is 11.3 Å². The number of hydrogen-bond acceptors (Lipinski definition) is 3. The molecule has 29 heavy (non-hydrogen) atoms. The number of carbonyl (C=O) groups excluding carboxylic acids is 1.